The van der Waals surface area contributed by atoms with E-state index in [1.54, 1.807) is 12.5 Å². The van der Waals surface area contributed by atoms with E-state index < -0.39 is 6.09 Å². The van der Waals surface area contributed by atoms with Crippen LogP contribution < -0.4 is 16.0 Å². The molecule has 0 bridgehead atoms. The molecule has 1 saturated heterocycles. The molecule has 2 aromatic rings. The first-order chi connectivity index (χ1) is 16.0. The number of carboxylic acid groups (broad SMARTS) is 1. The Hall–Kier alpha value is -2.56. The summed E-state index contributed by atoms with van der Waals surface area (Å²) in [5.74, 6) is 1.86. The Labute approximate surface area is 224 Å². The van der Waals surface area contributed by atoms with Gasteiger partial charge in [0.1, 0.15) is 23.0 Å². The topological polar surface area (TPSA) is 133 Å². The molecule has 0 unspecified atom stereocenters. The Balaban J connectivity index is 0.00000324. The van der Waals surface area contributed by atoms with Gasteiger partial charge < -0.3 is 30.4 Å². The van der Waals surface area contributed by atoms with Crippen LogP contribution in [0.5, 0.6) is 0 Å². The largest absolute Gasteiger partial charge is 0.467 e. The van der Waals surface area contributed by atoms with Gasteiger partial charge >= 0.3 is 6.09 Å². The highest BCUT2D eigenvalue weighted by Crippen LogP contribution is 2.25. The molecule has 36 heavy (non-hydrogen) atoms. The van der Waals surface area contributed by atoms with E-state index in [1.807, 2.05) is 37.8 Å². The molecular weight excluding hydrogens is 507 g/mol. The number of carbonyl (C=O) groups is 2. The van der Waals surface area contributed by atoms with Crippen LogP contribution in [-0.2, 0) is 12.0 Å². The number of anilines is 1. The van der Waals surface area contributed by atoms with E-state index in [0.29, 0.717) is 49.8 Å². The standard InChI is InChI=1S/C24H36N6O4.2ClH/c1-15(2)14-30(17-9-16(10-25-11-17)28-23(32)33)21(31)19-13-27-22(24(3,4)5)29-20(19)26-12-18-7-6-8-34-18;;/h6-8,13,15-17,25,28H,9-12,14H2,1-5H3,(H,32,33)(H,26,27,29);2*1H/t16-,17+;;/m1../s1. The van der Waals surface area contributed by atoms with Crippen molar-refractivity contribution in [1.29, 1.82) is 0 Å². The van der Waals surface area contributed by atoms with Crippen molar-refractivity contribution in [3.63, 3.8) is 0 Å². The van der Waals surface area contributed by atoms with Gasteiger partial charge in [0.25, 0.3) is 5.91 Å². The molecule has 12 heteroatoms. The molecule has 2 amide bonds. The van der Waals surface area contributed by atoms with E-state index in [-0.39, 0.29) is 54.1 Å². The zero-order valence-corrected chi connectivity index (χ0v) is 23.0. The van der Waals surface area contributed by atoms with Gasteiger partial charge in [-0.15, -0.1) is 24.8 Å². The molecule has 3 rings (SSSR count). The van der Waals surface area contributed by atoms with Gasteiger partial charge in [0.05, 0.1) is 12.8 Å². The maximum atomic E-state index is 13.9. The zero-order chi connectivity index (χ0) is 24.9. The smallest absolute Gasteiger partial charge is 0.404 e. The fourth-order valence-electron chi connectivity index (χ4n) is 4.01. The molecule has 0 radical (unpaired) electrons. The molecule has 10 nitrogen and oxygen atoms in total. The number of amides is 2. The summed E-state index contributed by atoms with van der Waals surface area (Å²) in [7, 11) is 0. The number of rotatable bonds is 8. The molecule has 0 saturated carbocycles. The number of piperidine rings is 1. The van der Waals surface area contributed by atoms with Crippen LogP contribution in [0.1, 0.15) is 63.0 Å². The number of aromatic nitrogens is 2. The van der Waals surface area contributed by atoms with Crippen LogP contribution in [0.3, 0.4) is 0 Å². The number of nitrogens with zero attached hydrogens (tertiary/aromatic N) is 3. The molecule has 202 valence electrons. The van der Waals surface area contributed by atoms with Crippen LogP contribution in [0.25, 0.3) is 0 Å². The molecule has 2 atom stereocenters. The summed E-state index contributed by atoms with van der Waals surface area (Å²) in [6.07, 6.45) is 2.67. The van der Waals surface area contributed by atoms with E-state index in [4.69, 9.17) is 14.5 Å². The van der Waals surface area contributed by atoms with Gasteiger partial charge in [0, 0.05) is 43.3 Å². The Kier molecular flexibility index (Phi) is 11.9. The molecule has 3 heterocycles. The summed E-state index contributed by atoms with van der Waals surface area (Å²) in [5, 5.41) is 18.2. The van der Waals surface area contributed by atoms with Crippen molar-refractivity contribution in [2.24, 2.45) is 5.92 Å². The summed E-state index contributed by atoms with van der Waals surface area (Å²) < 4.78 is 5.43. The maximum absolute atomic E-state index is 13.9. The van der Waals surface area contributed by atoms with Crippen LogP contribution in [-0.4, -0.2) is 63.7 Å². The molecule has 0 aliphatic carbocycles. The average Bonchev–Trinajstić information content (AvgIpc) is 3.28. The van der Waals surface area contributed by atoms with E-state index in [2.05, 4.69) is 34.8 Å². The Morgan fingerprint density at radius 3 is 2.58 bits per heavy atom. The monoisotopic (exact) mass is 544 g/mol. The Morgan fingerprint density at radius 1 is 1.28 bits per heavy atom. The van der Waals surface area contributed by atoms with Crippen molar-refractivity contribution in [2.75, 3.05) is 25.0 Å². The van der Waals surface area contributed by atoms with E-state index >= 15 is 0 Å². The van der Waals surface area contributed by atoms with Crippen molar-refractivity contribution in [2.45, 2.75) is 65.1 Å². The molecule has 1 aliphatic rings. The second-order valence-corrected chi connectivity index (χ2v) is 10.2. The molecule has 2 aromatic heterocycles. The normalized spacial score (nSPS) is 17.5. The SMILES string of the molecule is CC(C)CN(C(=O)c1cnc(C(C)(C)C)nc1NCc1ccco1)[C@@H]1CNC[C@H](NC(=O)O)C1.Cl.Cl. The summed E-state index contributed by atoms with van der Waals surface area (Å²) in [5.41, 5.74) is 0.0945. The first-order valence-electron chi connectivity index (χ1n) is 11.7. The third kappa shape index (κ3) is 8.53. The lowest BCUT2D eigenvalue weighted by molar-refractivity contribution is 0.0603. The summed E-state index contributed by atoms with van der Waals surface area (Å²) >= 11 is 0. The van der Waals surface area contributed by atoms with Crippen LogP contribution in [0.2, 0.25) is 0 Å². The molecule has 4 N–H and O–H groups in total. The Morgan fingerprint density at radius 2 is 2.00 bits per heavy atom. The Bertz CT molecular complexity index is 981. The summed E-state index contributed by atoms with van der Waals surface area (Å²) in [6.45, 7) is 12.2. The number of nitrogens with one attached hydrogen (secondary N) is 3. The van der Waals surface area contributed by atoms with Crippen molar-refractivity contribution in [1.82, 2.24) is 25.5 Å². The van der Waals surface area contributed by atoms with Gasteiger partial charge in [-0.1, -0.05) is 34.6 Å². The van der Waals surface area contributed by atoms with Crippen molar-refractivity contribution in [3.05, 3.63) is 41.7 Å². The quantitative estimate of drug-likeness (QED) is 0.393. The van der Waals surface area contributed by atoms with Gasteiger partial charge in [-0.25, -0.2) is 14.8 Å². The number of halogens is 2. The predicted octanol–water partition coefficient (Wildman–Crippen LogP) is 3.92. The van der Waals surface area contributed by atoms with Crippen LogP contribution >= 0.6 is 24.8 Å². The fraction of sp³-hybridized carbons (Fsp3) is 0.583. The van der Waals surface area contributed by atoms with Gasteiger partial charge in [-0.3, -0.25) is 4.79 Å². The van der Waals surface area contributed by atoms with Crippen LogP contribution in [0, 0.1) is 5.92 Å². The highest BCUT2D eigenvalue weighted by atomic mass is 35.5. The number of carbonyl (C=O) groups excluding carboxylic acids is 1. The molecule has 1 fully saturated rings. The molecule has 1 aliphatic heterocycles. The van der Waals surface area contributed by atoms with E-state index in [1.165, 1.54) is 0 Å². The summed E-state index contributed by atoms with van der Waals surface area (Å²) in [6, 6.07) is 3.23. The molecular formula is C24H38Cl2N6O4. The molecule has 0 spiro atoms. The zero-order valence-electron chi connectivity index (χ0n) is 21.4. The van der Waals surface area contributed by atoms with Gasteiger partial charge in [-0.2, -0.15) is 0 Å². The van der Waals surface area contributed by atoms with Gasteiger partial charge in [0.2, 0.25) is 0 Å². The minimum Gasteiger partial charge on any atom is -0.467 e. The highest BCUT2D eigenvalue weighted by Gasteiger charge is 2.33. The van der Waals surface area contributed by atoms with Crippen LogP contribution in [0.4, 0.5) is 10.6 Å². The minimum atomic E-state index is -1.07. The first kappa shape index (κ1) is 31.5. The van der Waals surface area contributed by atoms with Gasteiger partial charge in [0.15, 0.2) is 0 Å². The van der Waals surface area contributed by atoms with Crippen molar-refractivity contribution < 1.29 is 19.1 Å². The van der Waals surface area contributed by atoms with Crippen molar-refractivity contribution in [3.8, 4) is 0 Å². The fourth-order valence-corrected chi connectivity index (χ4v) is 4.01. The highest BCUT2D eigenvalue weighted by molar-refractivity contribution is 5.98. The third-order valence-corrected chi connectivity index (χ3v) is 5.62. The van der Waals surface area contributed by atoms with Crippen molar-refractivity contribution >= 4 is 42.6 Å². The third-order valence-electron chi connectivity index (χ3n) is 5.62. The lowest BCUT2D eigenvalue weighted by Crippen LogP contribution is -2.57. The number of hydrogen-bond acceptors (Lipinski definition) is 7. The summed E-state index contributed by atoms with van der Waals surface area (Å²) in [4.78, 5) is 36.1. The second kappa shape index (κ2) is 13.7. The van der Waals surface area contributed by atoms with E-state index in [0.717, 1.165) is 5.76 Å². The number of hydrogen-bond donors (Lipinski definition) is 4. The van der Waals surface area contributed by atoms with Gasteiger partial charge in [-0.05, 0) is 24.5 Å². The lowest BCUT2D eigenvalue weighted by atomic mass is 9.95. The average molecular weight is 546 g/mol. The van der Waals surface area contributed by atoms with E-state index in [9.17, 15) is 9.59 Å². The molecule has 0 aromatic carbocycles. The predicted molar refractivity (Wildman–Crippen MR) is 143 cm³/mol. The number of furan rings is 1. The lowest BCUT2D eigenvalue weighted by Gasteiger charge is -2.39. The minimum absolute atomic E-state index is 0. The first-order valence-corrected chi connectivity index (χ1v) is 11.7. The maximum Gasteiger partial charge on any atom is 0.404 e. The van der Waals surface area contributed by atoms with Crippen LogP contribution in [0.15, 0.2) is 29.0 Å². The second-order valence-electron chi connectivity index (χ2n) is 10.2.